The molecule has 0 radical (unpaired) electrons. The number of nitrogens with one attached hydrogen (secondary N) is 2. The van der Waals surface area contributed by atoms with Crippen molar-refractivity contribution in [2.24, 2.45) is 0 Å². The number of carbonyl (C=O) groups excluding carboxylic acids is 1. The zero-order valence-electron chi connectivity index (χ0n) is 11.4. The lowest BCUT2D eigenvalue weighted by Crippen LogP contribution is -2.30. The van der Waals surface area contributed by atoms with Crippen molar-refractivity contribution < 1.29 is 13.4 Å². The Morgan fingerprint density at radius 3 is 2.81 bits per heavy atom. The zero-order chi connectivity index (χ0) is 15.2. The average molecular weight is 326 g/mol. The molecule has 0 fully saturated rings. The fraction of sp³-hybridized carbons (Fsp3) is 0.214. The van der Waals surface area contributed by atoms with E-state index in [2.05, 4.69) is 10.6 Å². The van der Waals surface area contributed by atoms with Gasteiger partial charge in [0.15, 0.2) is 0 Å². The highest BCUT2D eigenvalue weighted by Crippen LogP contribution is 2.17. The van der Waals surface area contributed by atoms with Crippen LogP contribution < -0.4 is 10.6 Å². The smallest absolute Gasteiger partial charge is 0.319 e. The third-order valence-corrected chi connectivity index (χ3v) is 4.62. The first-order valence-electron chi connectivity index (χ1n) is 6.26. The molecule has 2 amide bonds. The molecule has 21 heavy (non-hydrogen) atoms. The topological polar surface area (TPSA) is 58.2 Å². The molecule has 7 heteroatoms. The molecular weight excluding hydrogens is 311 g/mol. The minimum Gasteiger partial charge on any atom is -0.338 e. The van der Waals surface area contributed by atoms with Crippen molar-refractivity contribution in [3.8, 4) is 0 Å². The molecule has 0 bridgehead atoms. The highest BCUT2D eigenvalue weighted by Gasteiger charge is 2.08. The minimum atomic E-state index is -1.39. The molecule has 112 valence electrons. The first-order chi connectivity index (χ1) is 10.1. The Kier molecular flexibility index (Phi) is 5.46. The van der Waals surface area contributed by atoms with E-state index in [0.717, 1.165) is 12.5 Å². The minimum absolute atomic E-state index is 0.124. The van der Waals surface area contributed by atoms with Gasteiger partial charge in [0.05, 0.1) is 15.7 Å². The standard InChI is InChI=1S/C14H15FN2O2S2/c1-21(19)13-5-4-10(9-12(13)15)17-14(18)16-7-6-11-3-2-8-20-11/h2-5,8-9H,6-7H2,1H3,(H2,16,17,18)/t21-/m1/s1. The Morgan fingerprint density at radius 1 is 1.38 bits per heavy atom. The average Bonchev–Trinajstić information content (AvgIpc) is 2.91. The largest absolute Gasteiger partial charge is 0.338 e. The molecule has 2 N–H and O–H groups in total. The summed E-state index contributed by atoms with van der Waals surface area (Å²) in [6.07, 6.45) is 2.16. The SMILES string of the molecule is C[S@@](=O)c1ccc(NC(=O)NCCc2cccs2)cc1F. The van der Waals surface area contributed by atoms with E-state index in [1.54, 1.807) is 11.3 Å². The second-order valence-electron chi connectivity index (χ2n) is 4.31. The van der Waals surface area contributed by atoms with Gasteiger partial charge in [0.1, 0.15) is 5.82 Å². The number of rotatable bonds is 5. The molecule has 0 spiro atoms. The van der Waals surface area contributed by atoms with Crippen LogP contribution in [0.4, 0.5) is 14.9 Å². The monoisotopic (exact) mass is 326 g/mol. The lowest BCUT2D eigenvalue weighted by atomic mass is 10.3. The lowest BCUT2D eigenvalue weighted by molar-refractivity contribution is 0.252. The molecule has 0 saturated heterocycles. The van der Waals surface area contributed by atoms with Crippen LogP contribution in [0, 0.1) is 5.82 Å². The van der Waals surface area contributed by atoms with Crippen molar-refractivity contribution in [1.82, 2.24) is 5.32 Å². The van der Waals surface area contributed by atoms with Crippen molar-refractivity contribution in [2.75, 3.05) is 18.1 Å². The molecule has 0 unspecified atom stereocenters. The number of urea groups is 1. The number of hydrogen-bond donors (Lipinski definition) is 2. The van der Waals surface area contributed by atoms with Gasteiger partial charge in [0.2, 0.25) is 0 Å². The normalized spacial score (nSPS) is 11.9. The maximum Gasteiger partial charge on any atom is 0.319 e. The highest BCUT2D eigenvalue weighted by molar-refractivity contribution is 7.84. The van der Waals surface area contributed by atoms with Crippen LogP contribution in [0.15, 0.2) is 40.6 Å². The summed E-state index contributed by atoms with van der Waals surface area (Å²) in [4.78, 5) is 13.0. The summed E-state index contributed by atoms with van der Waals surface area (Å²) in [5.41, 5.74) is 0.329. The Labute approximate surface area is 128 Å². The maximum atomic E-state index is 13.6. The van der Waals surface area contributed by atoms with Crippen LogP contribution >= 0.6 is 11.3 Å². The van der Waals surface area contributed by atoms with Gasteiger partial charge in [-0.2, -0.15) is 0 Å². The van der Waals surface area contributed by atoms with Gasteiger partial charge in [0, 0.05) is 23.4 Å². The molecule has 0 saturated carbocycles. The van der Waals surface area contributed by atoms with Gasteiger partial charge < -0.3 is 10.6 Å². The third kappa shape index (κ3) is 4.64. The Balaban J connectivity index is 1.85. The fourth-order valence-electron chi connectivity index (χ4n) is 1.74. The first kappa shape index (κ1) is 15.7. The van der Waals surface area contributed by atoms with Gasteiger partial charge in [-0.1, -0.05) is 6.07 Å². The van der Waals surface area contributed by atoms with Crippen molar-refractivity contribution in [3.05, 3.63) is 46.4 Å². The number of amides is 2. The van der Waals surface area contributed by atoms with Crippen LogP contribution in [0.5, 0.6) is 0 Å². The number of hydrogen-bond acceptors (Lipinski definition) is 3. The summed E-state index contributed by atoms with van der Waals surface area (Å²) >= 11 is 1.63. The van der Waals surface area contributed by atoms with Gasteiger partial charge >= 0.3 is 6.03 Å². The van der Waals surface area contributed by atoms with Gasteiger partial charge in [-0.25, -0.2) is 9.18 Å². The van der Waals surface area contributed by atoms with Crippen molar-refractivity contribution >= 4 is 33.9 Å². The summed E-state index contributed by atoms with van der Waals surface area (Å²) in [6.45, 7) is 0.506. The van der Waals surface area contributed by atoms with Gasteiger partial charge in [0.25, 0.3) is 0 Å². The third-order valence-electron chi connectivity index (χ3n) is 2.74. The molecule has 4 nitrogen and oxygen atoms in total. The molecule has 2 aromatic rings. The highest BCUT2D eigenvalue weighted by atomic mass is 32.2. The molecule has 0 aliphatic heterocycles. The molecule has 0 aliphatic carbocycles. The predicted molar refractivity (Wildman–Crippen MR) is 83.8 cm³/mol. The van der Waals surface area contributed by atoms with E-state index in [0.29, 0.717) is 12.2 Å². The second-order valence-corrected chi connectivity index (χ2v) is 6.69. The molecule has 2 rings (SSSR count). The Bertz CT molecular complexity index is 644. The summed E-state index contributed by atoms with van der Waals surface area (Å²) in [7, 11) is -1.39. The van der Waals surface area contributed by atoms with Crippen molar-refractivity contribution in [3.63, 3.8) is 0 Å². The lowest BCUT2D eigenvalue weighted by Gasteiger charge is -2.08. The molecule has 1 atom stereocenters. The first-order valence-corrected chi connectivity index (χ1v) is 8.70. The van der Waals surface area contributed by atoms with E-state index in [4.69, 9.17) is 0 Å². The van der Waals surface area contributed by atoms with Gasteiger partial charge in [-0.15, -0.1) is 11.3 Å². The fourth-order valence-corrected chi connectivity index (χ4v) is 3.04. The van der Waals surface area contributed by atoms with Crippen LogP contribution in [-0.2, 0) is 17.2 Å². The number of halogens is 1. The number of thiophene rings is 1. The van der Waals surface area contributed by atoms with Crippen LogP contribution in [-0.4, -0.2) is 23.0 Å². The van der Waals surface area contributed by atoms with E-state index in [1.165, 1.54) is 23.3 Å². The number of anilines is 1. The Morgan fingerprint density at radius 2 is 2.19 bits per heavy atom. The van der Waals surface area contributed by atoms with E-state index >= 15 is 0 Å². The quantitative estimate of drug-likeness (QED) is 0.887. The molecule has 0 aliphatic rings. The van der Waals surface area contributed by atoms with Crippen LogP contribution in [0.1, 0.15) is 4.88 Å². The van der Waals surface area contributed by atoms with Crippen LogP contribution in [0.2, 0.25) is 0 Å². The summed E-state index contributed by atoms with van der Waals surface area (Å²) in [6, 6.07) is 7.67. The van der Waals surface area contributed by atoms with E-state index in [9.17, 15) is 13.4 Å². The van der Waals surface area contributed by atoms with E-state index < -0.39 is 22.6 Å². The Hall–Kier alpha value is -1.73. The zero-order valence-corrected chi connectivity index (χ0v) is 13.0. The number of carbonyl (C=O) groups is 1. The second kappa shape index (κ2) is 7.33. The predicted octanol–water partition coefficient (Wildman–Crippen LogP) is 2.99. The van der Waals surface area contributed by atoms with E-state index in [-0.39, 0.29) is 4.90 Å². The molecule has 1 aromatic carbocycles. The molecule has 1 aromatic heterocycles. The van der Waals surface area contributed by atoms with Gasteiger partial charge in [-0.05, 0) is 36.1 Å². The van der Waals surface area contributed by atoms with Crippen molar-refractivity contribution in [1.29, 1.82) is 0 Å². The van der Waals surface area contributed by atoms with Crippen molar-refractivity contribution in [2.45, 2.75) is 11.3 Å². The molecule has 1 heterocycles. The number of benzene rings is 1. The van der Waals surface area contributed by atoms with E-state index in [1.807, 2.05) is 17.5 Å². The maximum absolute atomic E-state index is 13.6. The summed E-state index contributed by atoms with van der Waals surface area (Å²) < 4.78 is 24.9. The van der Waals surface area contributed by atoms with Crippen LogP contribution in [0.3, 0.4) is 0 Å². The summed E-state index contributed by atoms with van der Waals surface area (Å²) in [5, 5.41) is 7.23. The van der Waals surface area contributed by atoms with Gasteiger partial charge in [-0.3, -0.25) is 4.21 Å². The van der Waals surface area contributed by atoms with Crippen LogP contribution in [0.25, 0.3) is 0 Å². The molecular formula is C14H15FN2O2S2. The summed E-state index contributed by atoms with van der Waals surface area (Å²) in [5.74, 6) is -0.591.